The van der Waals surface area contributed by atoms with E-state index in [0.717, 1.165) is 5.56 Å². The van der Waals surface area contributed by atoms with Gasteiger partial charge in [0.1, 0.15) is 5.82 Å². The van der Waals surface area contributed by atoms with Crippen LogP contribution >= 0.6 is 0 Å². The number of aromatic nitrogens is 1. The predicted molar refractivity (Wildman–Crippen MR) is 83.7 cm³/mol. The molecular weight excluding hydrogens is 280 g/mol. The molecule has 0 aliphatic heterocycles. The van der Waals surface area contributed by atoms with Crippen LogP contribution in [0.2, 0.25) is 0 Å². The predicted octanol–water partition coefficient (Wildman–Crippen LogP) is 2.75. The van der Waals surface area contributed by atoms with Crippen molar-refractivity contribution >= 4 is 17.7 Å². The lowest BCUT2D eigenvalue weighted by atomic mass is 10.1. The first-order valence-electron chi connectivity index (χ1n) is 6.98. The van der Waals surface area contributed by atoms with Crippen LogP contribution in [-0.2, 0) is 16.0 Å². The fourth-order valence-corrected chi connectivity index (χ4v) is 1.92. The Hall–Kier alpha value is -2.69. The van der Waals surface area contributed by atoms with Crippen molar-refractivity contribution in [2.75, 3.05) is 12.4 Å². The molecule has 0 aliphatic carbocycles. The van der Waals surface area contributed by atoms with E-state index in [-0.39, 0.29) is 5.91 Å². The van der Waals surface area contributed by atoms with Gasteiger partial charge in [-0.25, -0.2) is 9.78 Å². The Labute approximate surface area is 129 Å². The van der Waals surface area contributed by atoms with Gasteiger partial charge in [-0.15, -0.1) is 0 Å². The molecule has 0 radical (unpaired) electrons. The summed E-state index contributed by atoms with van der Waals surface area (Å²) in [4.78, 5) is 27.2. The fourth-order valence-electron chi connectivity index (χ4n) is 1.92. The minimum Gasteiger partial charge on any atom is -0.465 e. The van der Waals surface area contributed by atoms with Crippen LogP contribution in [0.25, 0.3) is 0 Å². The number of amides is 1. The Morgan fingerprint density at radius 3 is 2.45 bits per heavy atom. The molecule has 114 valence electrons. The molecule has 1 N–H and O–H groups in total. The maximum Gasteiger partial charge on any atom is 0.339 e. The summed E-state index contributed by atoms with van der Waals surface area (Å²) in [6.07, 6.45) is 2.43. The SMILES string of the molecule is COC(=O)c1ccc(NC(=O)CCc2ccc(C)cc2)nc1. The maximum atomic E-state index is 11.9. The van der Waals surface area contributed by atoms with Gasteiger partial charge in [-0.3, -0.25) is 4.79 Å². The van der Waals surface area contributed by atoms with E-state index in [9.17, 15) is 9.59 Å². The molecule has 22 heavy (non-hydrogen) atoms. The highest BCUT2D eigenvalue weighted by Gasteiger charge is 2.07. The van der Waals surface area contributed by atoms with Crippen LogP contribution in [0.5, 0.6) is 0 Å². The highest BCUT2D eigenvalue weighted by Crippen LogP contribution is 2.09. The fraction of sp³-hybridized carbons (Fsp3) is 0.235. The van der Waals surface area contributed by atoms with Crippen molar-refractivity contribution in [2.45, 2.75) is 19.8 Å². The molecule has 0 atom stereocenters. The lowest BCUT2D eigenvalue weighted by Crippen LogP contribution is -2.13. The number of esters is 1. The topological polar surface area (TPSA) is 68.3 Å². The van der Waals surface area contributed by atoms with Gasteiger partial charge in [-0.2, -0.15) is 0 Å². The summed E-state index contributed by atoms with van der Waals surface area (Å²) in [6, 6.07) is 11.2. The molecule has 0 bridgehead atoms. The standard InChI is InChI=1S/C17H18N2O3/c1-12-3-5-13(6-4-12)7-10-16(20)19-15-9-8-14(11-18-15)17(21)22-2/h3-6,8-9,11H,7,10H2,1-2H3,(H,18,19,20). The minimum absolute atomic E-state index is 0.112. The Morgan fingerprint density at radius 2 is 1.86 bits per heavy atom. The molecule has 2 rings (SSSR count). The maximum absolute atomic E-state index is 11.9. The summed E-state index contributed by atoms with van der Waals surface area (Å²) in [5.74, 6) is -0.148. The molecule has 0 spiro atoms. The minimum atomic E-state index is -0.454. The van der Waals surface area contributed by atoms with E-state index < -0.39 is 5.97 Å². The van der Waals surface area contributed by atoms with E-state index in [0.29, 0.717) is 24.2 Å². The van der Waals surface area contributed by atoms with E-state index >= 15 is 0 Å². The third kappa shape index (κ3) is 4.41. The van der Waals surface area contributed by atoms with Crippen molar-refractivity contribution in [2.24, 2.45) is 0 Å². The molecule has 1 amide bonds. The third-order valence-electron chi connectivity index (χ3n) is 3.21. The van der Waals surface area contributed by atoms with Crippen molar-refractivity contribution in [3.05, 3.63) is 59.3 Å². The number of nitrogens with zero attached hydrogens (tertiary/aromatic N) is 1. The molecule has 0 saturated heterocycles. The number of ether oxygens (including phenoxy) is 1. The molecule has 1 aromatic carbocycles. The Morgan fingerprint density at radius 1 is 1.14 bits per heavy atom. The average molecular weight is 298 g/mol. The summed E-state index contributed by atoms with van der Waals surface area (Å²) >= 11 is 0. The van der Waals surface area contributed by atoms with Crippen LogP contribution in [0.1, 0.15) is 27.9 Å². The Bertz CT molecular complexity index is 649. The number of pyridine rings is 1. The van der Waals surface area contributed by atoms with Crippen molar-refractivity contribution in [1.29, 1.82) is 0 Å². The number of hydrogen-bond donors (Lipinski definition) is 1. The largest absolute Gasteiger partial charge is 0.465 e. The van der Waals surface area contributed by atoms with Gasteiger partial charge in [0.05, 0.1) is 12.7 Å². The Balaban J connectivity index is 1.86. The lowest BCUT2D eigenvalue weighted by molar-refractivity contribution is -0.116. The Kier molecular flexibility index (Phi) is 5.25. The molecule has 0 saturated carbocycles. The number of nitrogens with one attached hydrogen (secondary N) is 1. The first-order chi connectivity index (χ1) is 10.6. The number of aryl methyl sites for hydroxylation is 2. The number of carbonyl (C=O) groups excluding carboxylic acids is 2. The summed E-state index contributed by atoms with van der Waals surface area (Å²) < 4.78 is 4.59. The van der Waals surface area contributed by atoms with Crippen LogP contribution in [0.15, 0.2) is 42.6 Å². The monoisotopic (exact) mass is 298 g/mol. The van der Waals surface area contributed by atoms with E-state index in [1.807, 2.05) is 31.2 Å². The number of benzene rings is 1. The normalized spacial score (nSPS) is 10.1. The quantitative estimate of drug-likeness (QED) is 0.862. The first-order valence-corrected chi connectivity index (χ1v) is 6.98. The summed E-state index contributed by atoms with van der Waals surface area (Å²) in [7, 11) is 1.31. The van der Waals surface area contributed by atoms with E-state index in [1.54, 1.807) is 12.1 Å². The highest BCUT2D eigenvalue weighted by atomic mass is 16.5. The molecule has 2 aromatic rings. The van der Waals surface area contributed by atoms with Crippen LogP contribution in [-0.4, -0.2) is 24.0 Å². The van der Waals surface area contributed by atoms with Gasteiger partial charge >= 0.3 is 5.97 Å². The van der Waals surface area contributed by atoms with Gasteiger partial charge in [0.25, 0.3) is 0 Å². The molecule has 5 nitrogen and oxygen atoms in total. The zero-order valence-electron chi connectivity index (χ0n) is 12.6. The zero-order chi connectivity index (χ0) is 15.9. The van der Waals surface area contributed by atoms with Crippen molar-refractivity contribution in [1.82, 2.24) is 4.98 Å². The highest BCUT2D eigenvalue weighted by molar-refractivity contribution is 5.91. The van der Waals surface area contributed by atoms with Gasteiger partial charge in [0.2, 0.25) is 5.91 Å². The van der Waals surface area contributed by atoms with Crippen LogP contribution in [0.3, 0.4) is 0 Å². The van der Waals surface area contributed by atoms with E-state index in [4.69, 9.17) is 0 Å². The van der Waals surface area contributed by atoms with Crippen molar-refractivity contribution < 1.29 is 14.3 Å². The van der Waals surface area contributed by atoms with Crippen LogP contribution < -0.4 is 5.32 Å². The molecular formula is C17H18N2O3. The second kappa shape index (κ2) is 7.36. The van der Waals surface area contributed by atoms with Gasteiger partial charge in [0.15, 0.2) is 0 Å². The lowest BCUT2D eigenvalue weighted by Gasteiger charge is -2.05. The molecule has 5 heteroatoms. The number of methoxy groups -OCH3 is 1. The number of carbonyl (C=O) groups is 2. The van der Waals surface area contributed by atoms with Crippen molar-refractivity contribution in [3.8, 4) is 0 Å². The smallest absolute Gasteiger partial charge is 0.339 e. The first kappa shape index (κ1) is 15.7. The van der Waals surface area contributed by atoms with Gasteiger partial charge in [-0.1, -0.05) is 29.8 Å². The van der Waals surface area contributed by atoms with E-state index in [1.165, 1.54) is 18.9 Å². The number of anilines is 1. The average Bonchev–Trinajstić information content (AvgIpc) is 2.54. The molecule has 0 aliphatic rings. The molecule has 1 aromatic heterocycles. The number of rotatable bonds is 5. The van der Waals surface area contributed by atoms with Gasteiger partial charge in [0, 0.05) is 12.6 Å². The molecule has 1 heterocycles. The van der Waals surface area contributed by atoms with E-state index in [2.05, 4.69) is 15.0 Å². The van der Waals surface area contributed by atoms with Crippen molar-refractivity contribution in [3.63, 3.8) is 0 Å². The summed E-state index contributed by atoms with van der Waals surface area (Å²) in [5, 5.41) is 2.71. The zero-order valence-corrected chi connectivity index (χ0v) is 12.6. The second-order valence-corrected chi connectivity index (χ2v) is 4.96. The summed E-state index contributed by atoms with van der Waals surface area (Å²) in [6.45, 7) is 2.03. The van der Waals surface area contributed by atoms with Gasteiger partial charge in [-0.05, 0) is 31.0 Å². The number of hydrogen-bond acceptors (Lipinski definition) is 4. The summed E-state index contributed by atoms with van der Waals surface area (Å²) in [5.41, 5.74) is 2.66. The molecule has 0 fully saturated rings. The van der Waals surface area contributed by atoms with Crippen LogP contribution in [0, 0.1) is 6.92 Å². The molecule has 0 unspecified atom stereocenters. The third-order valence-corrected chi connectivity index (χ3v) is 3.21. The van der Waals surface area contributed by atoms with Gasteiger partial charge < -0.3 is 10.1 Å². The van der Waals surface area contributed by atoms with Crippen LogP contribution in [0.4, 0.5) is 5.82 Å². The second-order valence-electron chi connectivity index (χ2n) is 4.96.